The van der Waals surface area contributed by atoms with Crippen LogP contribution in [0.1, 0.15) is 23.2 Å². The van der Waals surface area contributed by atoms with Crippen molar-refractivity contribution in [2.45, 2.75) is 12.8 Å². The lowest BCUT2D eigenvalue weighted by molar-refractivity contribution is 0.0953. The quantitative estimate of drug-likeness (QED) is 0.538. The van der Waals surface area contributed by atoms with Crippen LogP contribution in [0, 0.1) is 0 Å². The van der Waals surface area contributed by atoms with E-state index < -0.39 is 0 Å². The molecule has 1 aromatic carbocycles. The molecule has 4 nitrogen and oxygen atoms in total. The van der Waals surface area contributed by atoms with Crippen molar-refractivity contribution in [2.24, 2.45) is 5.73 Å². The smallest absolute Gasteiger partial charge is 0.251 e. The van der Waals surface area contributed by atoms with Crippen LogP contribution in [0.25, 0.3) is 0 Å². The van der Waals surface area contributed by atoms with E-state index in [2.05, 4.69) is 5.32 Å². The highest BCUT2D eigenvalue weighted by Gasteiger charge is 2.06. The van der Waals surface area contributed by atoms with E-state index in [1.807, 2.05) is 0 Å². The number of nitrogen functional groups attached to an aromatic ring is 1. The second-order valence-electron chi connectivity index (χ2n) is 3.49. The number of carbonyl (C=O) groups is 1. The van der Waals surface area contributed by atoms with Crippen molar-refractivity contribution in [3.63, 3.8) is 0 Å². The Morgan fingerprint density at radius 3 is 2.75 bits per heavy atom. The van der Waals surface area contributed by atoms with Gasteiger partial charge in [-0.05, 0) is 37.6 Å². The molecular weight excluding hydrogens is 226 g/mol. The maximum absolute atomic E-state index is 11.6. The van der Waals surface area contributed by atoms with Crippen LogP contribution in [0.15, 0.2) is 18.2 Å². The number of carbonyl (C=O) groups excluding carboxylic acids is 1. The molecule has 0 aliphatic heterocycles. The Morgan fingerprint density at radius 1 is 1.38 bits per heavy atom. The van der Waals surface area contributed by atoms with E-state index in [9.17, 15) is 4.79 Å². The summed E-state index contributed by atoms with van der Waals surface area (Å²) in [6.07, 6.45) is 1.79. The number of hydrogen-bond acceptors (Lipinski definition) is 3. The first-order chi connectivity index (χ1) is 7.65. The average molecular weight is 242 g/mol. The number of nitrogens with two attached hydrogens (primary N) is 2. The predicted molar refractivity (Wildman–Crippen MR) is 66.5 cm³/mol. The van der Waals surface area contributed by atoms with E-state index in [1.165, 1.54) is 0 Å². The Bertz CT molecular complexity index is 368. The second kappa shape index (κ2) is 6.35. The van der Waals surface area contributed by atoms with E-state index >= 15 is 0 Å². The summed E-state index contributed by atoms with van der Waals surface area (Å²) in [7, 11) is 0. The first-order valence-corrected chi connectivity index (χ1v) is 5.56. The fourth-order valence-electron chi connectivity index (χ4n) is 1.24. The summed E-state index contributed by atoms with van der Waals surface area (Å²) >= 11 is 5.82. The molecule has 1 rings (SSSR count). The molecule has 0 aliphatic carbocycles. The standard InChI is InChI=1S/C11H16ClN3O/c12-9-7-8(3-4-10(9)14)11(16)15-6-2-1-5-13/h3-4,7H,1-2,5-6,13-14H2,(H,15,16). The van der Waals surface area contributed by atoms with Gasteiger partial charge >= 0.3 is 0 Å². The molecule has 5 heteroatoms. The highest BCUT2D eigenvalue weighted by molar-refractivity contribution is 6.33. The van der Waals surface area contributed by atoms with Gasteiger partial charge in [-0.1, -0.05) is 11.6 Å². The number of unbranched alkanes of at least 4 members (excludes halogenated alkanes) is 1. The van der Waals surface area contributed by atoms with Gasteiger partial charge in [-0.2, -0.15) is 0 Å². The monoisotopic (exact) mass is 241 g/mol. The van der Waals surface area contributed by atoms with Crippen LogP contribution in [0.4, 0.5) is 5.69 Å². The lowest BCUT2D eigenvalue weighted by Crippen LogP contribution is -2.24. The molecule has 88 valence electrons. The third-order valence-corrected chi connectivity index (χ3v) is 2.51. The van der Waals surface area contributed by atoms with Crippen LogP contribution >= 0.6 is 11.6 Å². The molecule has 0 radical (unpaired) electrons. The lowest BCUT2D eigenvalue weighted by Gasteiger charge is -2.05. The van der Waals surface area contributed by atoms with Crippen LogP contribution < -0.4 is 16.8 Å². The number of halogens is 1. The second-order valence-corrected chi connectivity index (χ2v) is 3.90. The van der Waals surface area contributed by atoms with Crippen LogP contribution in [0.5, 0.6) is 0 Å². The molecule has 1 aromatic rings. The van der Waals surface area contributed by atoms with Crippen LogP contribution in [0.3, 0.4) is 0 Å². The Kier molecular flexibility index (Phi) is 5.08. The zero-order valence-corrected chi connectivity index (χ0v) is 9.76. The van der Waals surface area contributed by atoms with Gasteiger partial charge in [-0.3, -0.25) is 4.79 Å². The zero-order chi connectivity index (χ0) is 12.0. The molecule has 0 bridgehead atoms. The van der Waals surface area contributed by atoms with E-state index in [0.717, 1.165) is 12.8 Å². The number of anilines is 1. The first kappa shape index (κ1) is 12.8. The third kappa shape index (κ3) is 3.72. The SMILES string of the molecule is NCCCCNC(=O)c1ccc(N)c(Cl)c1. The molecular formula is C11H16ClN3O. The molecule has 0 saturated heterocycles. The Hall–Kier alpha value is -1.26. The van der Waals surface area contributed by atoms with E-state index in [0.29, 0.717) is 29.4 Å². The normalized spacial score (nSPS) is 10.1. The van der Waals surface area contributed by atoms with Gasteiger partial charge in [0.25, 0.3) is 5.91 Å². The van der Waals surface area contributed by atoms with Gasteiger partial charge < -0.3 is 16.8 Å². The van der Waals surface area contributed by atoms with Crippen molar-refractivity contribution in [1.29, 1.82) is 0 Å². The Labute approximate surface area is 100.0 Å². The summed E-state index contributed by atoms with van der Waals surface area (Å²) in [5, 5.41) is 3.18. The summed E-state index contributed by atoms with van der Waals surface area (Å²) in [6.45, 7) is 1.27. The van der Waals surface area contributed by atoms with Crippen LogP contribution in [-0.4, -0.2) is 19.0 Å². The fraction of sp³-hybridized carbons (Fsp3) is 0.364. The minimum Gasteiger partial charge on any atom is -0.398 e. The molecule has 16 heavy (non-hydrogen) atoms. The molecule has 0 aliphatic rings. The number of rotatable bonds is 5. The average Bonchev–Trinajstić information content (AvgIpc) is 2.28. The largest absolute Gasteiger partial charge is 0.398 e. The van der Waals surface area contributed by atoms with Crippen LogP contribution in [-0.2, 0) is 0 Å². The summed E-state index contributed by atoms with van der Waals surface area (Å²) < 4.78 is 0. The van der Waals surface area contributed by atoms with Crippen LogP contribution in [0.2, 0.25) is 5.02 Å². The highest BCUT2D eigenvalue weighted by atomic mass is 35.5. The van der Waals surface area contributed by atoms with Gasteiger partial charge in [0.1, 0.15) is 0 Å². The third-order valence-electron chi connectivity index (χ3n) is 2.18. The van der Waals surface area contributed by atoms with Crippen molar-refractivity contribution in [1.82, 2.24) is 5.32 Å². The molecule has 0 fully saturated rings. The van der Waals surface area contributed by atoms with Crippen molar-refractivity contribution in [3.05, 3.63) is 28.8 Å². The van der Waals surface area contributed by atoms with Gasteiger partial charge in [0, 0.05) is 12.1 Å². The predicted octanol–water partition coefficient (Wildman–Crippen LogP) is 1.39. The molecule has 1 amide bonds. The number of benzene rings is 1. The maximum Gasteiger partial charge on any atom is 0.251 e. The zero-order valence-electron chi connectivity index (χ0n) is 9.00. The van der Waals surface area contributed by atoms with Gasteiger partial charge in [0.15, 0.2) is 0 Å². The molecule has 5 N–H and O–H groups in total. The fourth-order valence-corrected chi connectivity index (χ4v) is 1.42. The summed E-state index contributed by atoms with van der Waals surface area (Å²) in [4.78, 5) is 11.6. The van der Waals surface area contributed by atoms with Gasteiger partial charge in [-0.25, -0.2) is 0 Å². The summed E-state index contributed by atoms with van der Waals surface area (Å²) in [6, 6.07) is 4.84. The number of nitrogens with one attached hydrogen (secondary N) is 1. The summed E-state index contributed by atoms with van der Waals surface area (Å²) in [5.41, 5.74) is 11.9. The van der Waals surface area contributed by atoms with Gasteiger partial charge in [0.2, 0.25) is 0 Å². The lowest BCUT2D eigenvalue weighted by atomic mass is 10.2. The van der Waals surface area contributed by atoms with Crippen molar-refractivity contribution in [3.8, 4) is 0 Å². The van der Waals surface area contributed by atoms with E-state index in [4.69, 9.17) is 23.1 Å². The highest BCUT2D eigenvalue weighted by Crippen LogP contribution is 2.19. The molecule has 0 atom stereocenters. The van der Waals surface area contributed by atoms with Gasteiger partial charge in [0.05, 0.1) is 10.7 Å². The molecule has 0 aromatic heterocycles. The molecule has 0 saturated carbocycles. The minimum absolute atomic E-state index is 0.140. The first-order valence-electron chi connectivity index (χ1n) is 5.18. The van der Waals surface area contributed by atoms with Crippen molar-refractivity contribution < 1.29 is 4.79 Å². The molecule has 0 unspecified atom stereocenters. The Balaban J connectivity index is 2.50. The van der Waals surface area contributed by atoms with Gasteiger partial charge in [-0.15, -0.1) is 0 Å². The van der Waals surface area contributed by atoms with Crippen molar-refractivity contribution >= 4 is 23.2 Å². The summed E-state index contributed by atoms with van der Waals surface area (Å²) in [5.74, 6) is -0.140. The maximum atomic E-state index is 11.6. The van der Waals surface area contributed by atoms with Crippen molar-refractivity contribution in [2.75, 3.05) is 18.8 Å². The minimum atomic E-state index is -0.140. The number of amides is 1. The Morgan fingerprint density at radius 2 is 2.12 bits per heavy atom. The van der Waals surface area contributed by atoms with E-state index in [-0.39, 0.29) is 5.91 Å². The van der Waals surface area contributed by atoms with E-state index in [1.54, 1.807) is 18.2 Å². The molecule has 0 heterocycles. The molecule has 0 spiro atoms. The topological polar surface area (TPSA) is 81.1 Å². The number of hydrogen-bond donors (Lipinski definition) is 3.